The Morgan fingerprint density at radius 2 is 1.85 bits per heavy atom. The van der Waals surface area contributed by atoms with E-state index in [2.05, 4.69) is 10.1 Å². The minimum Gasteiger partial charge on any atom is -0.469 e. The van der Waals surface area contributed by atoms with Crippen molar-refractivity contribution in [3.8, 4) is 0 Å². The van der Waals surface area contributed by atoms with Crippen LogP contribution in [0.15, 0.2) is 0 Å². The SMILES string of the molecule is COC(=O)CCCCCC(N)CNC(=O)OC(C)(C)C. The van der Waals surface area contributed by atoms with Crippen LogP contribution in [0.5, 0.6) is 0 Å². The van der Waals surface area contributed by atoms with Gasteiger partial charge in [0.25, 0.3) is 0 Å². The molecule has 20 heavy (non-hydrogen) atoms. The molecule has 0 fully saturated rings. The van der Waals surface area contributed by atoms with Crippen LogP contribution >= 0.6 is 0 Å². The molecule has 0 saturated heterocycles. The standard InChI is InChI=1S/C14H28N2O4/c1-14(2,3)20-13(18)16-10-11(15)8-6-5-7-9-12(17)19-4/h11H,5-10,15H2,1-4H3,(H,16,18). The fourth-order valence-electron chi connectivity index (χ4n) is 1.59. The Morgan fingerprint density at radius 3 is 2.40 bits per heavy atom. The summed E-state index contributed by atoms with van der Waals surface area (Å²) in [5, 5.41) is 2.65. The summed E-state index contributed by atoms with van der Waals surface area (Å²) in [4.78, 5) is 22.3. The van der Waals surface area contributed by atoms with Crippen LogP contribution in [0.2, 0.25) is 0 Å². The number of alkyl carbamates (subject to hydrolysis) is 1. The van der Waals surface area contributed by atoms with Gasteiger partial charge in [-0.1, -0.05) is 12.8 Å². The van der Waals surface area contributed by atoms with E-state index in [1.54, 1.807) is 0 Å². The Labute approximate surface area is 121 Å². The van der Waals surface area contributed by atoms with Crippen molar-refractivity contribution >= 4 is 12.1 Å². The van der Waals surface area contributed by atoms with E-state index in [1.807, 2.05) is 20.8 Å². The number of carbonyl (C=O) groups excluding carboxylic acids is 2. The summed E-state index contributed by atoms with van der Waals surface area (Å²) in [5.74, 6) is -0.180. The number of methoxy groups -OCH3 is 1. The number of nitrogens with one attached hydrogen (secondary N) is 1. The molecular formula is C14H28N2O4. The largest absolute Gasteiger partial charge is 0.469 e. The molecule has 0 saturated carbocycles. The molecule has 0 aliphatic heterocycles. The van der Waals surface area contributed by atoms with Gasteiger partial charge in [0.05, 0.1) is 7.11 Å². The molecule has 1 amide bonds. The lowest BCUT2D eigenvalue weighted by molar-refractivity contribution is -0.140. The van der Waals surface area contributed by atoms with Crippen molar-refractivity contribution in [2.45, 2.75) is 64.5 Å². The summed E-state index contributed by atoms with van der Waals surface area (Å²) in [6, 6.07) is -0.0966. The lowest BCUT2D eigenvalue weighted by Gasteiger charge is -2.20. The highest BCUT2D eigenvalue weighted by atomic mass is 16.6. The molecule has 6 nitrogen and oxygen atoms in total. The summed E-state index contributed by atoms with van der Waals surface area (Å²) in [6.45, 7) is 5.83. The highest BCUT2D eigenvalue weighted by Gasteiger charge is 2.16. The quantitative estimate of drug-likeness (QED) is 0.526. The van der Waals surface area contributed by atoms with Gasteiger partial charge in [-0.2, -0.15) is 0 Å². The average molecular weight is 288 g/mol. The minimum atomic E-state index is -0.498. The van der Waals surface area contributed by atoms with E-state index in [0.29, 0.717) is 13.0 Å². The Kier molecular flexibility index (Phi) is 8.96. The third-order valence-electron chi connectivity index (χ3n) is 2.59. The molecule has 6 heteroatoms. The van der Waals surface area contributed by atoms with Crippen molar-refractivity contribution in [1.82, 2.24) is 5.32 Å². The predicted octanol–water partition coefficient (Wildman–Crippen LogP) is 1.96. The van der Waals surface area contributed by atoms with Gasteiger partial charge in [0.2, 0.25) is 0 Å². The molecule has 0 aliphatic carbocycles. The van der Waals surface area contributed by atoms with E-state index in [-0.39, 0.29) is 12.0 Å². The van der Waals surface area contributed by atoms with Crippen LogP contribution in [-0.2, 0) is 14.3 Å². The molecular weight excluding hydrogens is 260 g/mol. The molecule has 0 spiro atoms. The molecule has 0 radical (unpaired) electrons. The molecule has 0 bridgehead atoms. The van der Waals surface area contributed by atoms with Gasteiger partial charge in [-0.3, -0.25) is 4.79 Å². The number of ether oxygens (including phenoxy) is 2. The number of nitrogens with two attached hydrogens (primary N) is 1. The summed E-state index contributed by atoms with van der Waals surface area (Å²) in [6.07, 6.45) is 3.46. The third-order valence-corrected chi connectivity index (χ3v) is 2.59. The van der Waals surface area contributed by atoms with Gasteiger partial charge in [0.15, 0.2) is 0 Å². The number of esters is 1. The molecule has 0 aromatic heterocycles. The maximum Gasteiger partial charge on any atom is 0.407 e. The molecule has 0 aliphatic rings. The fourth-order valence-corrected chi connectivity index (χ4v) is 1.59. The van der Waals surface area contributed by atoms with Crippen molar-refractivity contribution in [2.24, 2.45) is 5.73 Å². The van der Waals surface area contributed by atoms with Crippen LogP contribution in [0.3, 0.4) is 0 Å². The van der Waals surface area contributed by atoms with Gasteiger partial charge in [0.1, 0.15) is 5.60 Å². The Hall–Kier alpha value is -1.30. The van der Waals surface area contributed by atoms with Gasteiger partial charge in [-0.05, 0) is 33.6 Å². The van der Waals surface area contributed by atoms with E-state index in [9.17, 15) is 9.59 Å². The number of hydrogen-bond donors (Lipinski definition) is 2. The van der Waals surface area contributed by atoms with Crippen LogP contribution in [-0.4, -0.2) is 37.4 Å². The first-order valence-corrected chi connectivity index (χ1v) is 7.04. The topological polar surface area (TPSA) is 90.6 Å². The van der Waals surface area contributed by atoms with Gasteiger partial charge in [-0.25, -0.2) is 4.79 Å². The van der Waals surface area contributed by atoms with Crippen LogP contribution in [0.4, 0.5) is 4.79 Å². The molecule has 0 rings (SSSR count). The lowest BCUT2D eigenvalue weighted by Crippen LogP contribution is -2.40. The predicted molar refractivity (Wildman–Crippen MR) is 77.3 cm³/mol. The van der Waals surface area contributed by atoms with E-state index in [1.165, 1.54) is 7.11 Å². The first-order valence-electron chi connectivity index (χ1n) is 7.04. The first kappa shape index (κ1) is 18.7. The second-order valence-corrected chi connectivity index (χ2v) is 5.82. The number of unbranched alkanes of at least 4 members (excludes halogenated alkanes) is 2. The normalized spacial score (nSPS) is 12.7. The third kappa shape index (κ3) is 11.8. The molecule has 0 heterocycles. The Bertz CT molecular complexity index is 300. The zero-order valence-electron chi connectivity index (χ0n) is 13.0. The zero-order valence-corrected chi connectivity index (χ0v) is 13.0. The second kappa shape index (κ2) is 9.58. The number of rotatable bonds is 8. The first-order chi connectivity index (χ1) is 9.24. The van der Waals surface area contributed by atoms with E-state index in [4.69, 9.17) is 10.5 Å². The highest BCUT2D eigenvalue weighted by molar-refractivity contribution is 5.69. The molecule has 1 unspecified atom stereocenters. The van der Waals surface area contributed by atoms with Crippen LogP contribution in [0, 0.1) is 0 Å². The summed E-state index contributed by atoms with van der Waals surface area (Å²) < 4.78 is 9.67. The Morgan fingerprint density at radius 1 is 1.20 bits per heavy atom. The van der Waals surface area contributed by atoms with E-state index >= 15 is 0 Å². The number of hydrogen-bond acceptors (Lipinski definition) is 5. The number of carbonyl (C=O) groups is 2. The van der Waals surface area contributed by atoms with E-state index < -0.39 is 11.7 Å². The Balaban J connectivity index is 3.57. The van der Waals surface area contributed by atoms with Crippen molar-refractivity contribution in [2.75, 3.05) is 13.7 Å². The van der Waals surface area contributed by atoms with Crippen LogP contribution in [0.25, 0.3) is 0 Å². The van der Waals surface area contributed by atoms with Gasteiger partial charge < -0.3 is 20.5 Å². The smallest absolute Gasteiger partial charge is 0.407 e. The zero-order chi connectivity index (χ0) is 15.6. The molecule has 0 aromatic carbocycles. The van der Waals surface area contributed by atoms with Crippen LogP contribution in [0.1, 0.15) is 52.9 Å². The van der Waals surface area contributed by atoms with Crippen molar-refractivity contribution in [3.05, 3.63) is 0 Å². The average Bonchev–Trinajstić information content (AvgIpc) is 2.33. The summed E-state index contributed by atoms with van der Waals surface area (Å²) >= 11 is 0. The maximum absolute atomic E-state index is 11.4. The molecule has 0 aromatic rings. The van der Waals surface area contributed by atoms with Crippen LogP contribution < -0.4 is 11.1 Å². The van der Waals surface area contributed by atoms with Gasteiger partial charge in [0, 0.05) is 19.0 Å². The maximum atomic E-state index is 11.4. The molecule has 3 N–H and O–H groups in total. The summed E-state index contributed by atoms with van der Waals surface area (Å²) in [7, 11) is 1.39. The number of amides is 1. The van der Waals surface area contributed by atoms with Crippen molar-refractivity contribution < 1.29 is 19.1 Å². The molecule has 118 valence electrons. The van der Waals surface area contributed by atoms with Crippen molar-refractivity contribution in [3.63, 3.8) is 0 Å². The lowest BCUT2D eigenvalue weighted by atomic mass is 10.1. The molecule has 1 atom stereocenters. The van der Waals surface area contributed by atoms with E-state index in [0.717, 1.165) is 25.7 Å². The van der Waals surface area contributed by atoms with Gasteiger partial charge in [-0.15, -0.1) is 0 Å². The summed E-state index contributed by atoms with van der Waals surface area (Å²) in [5.41, 5.74) is 5.39. The van der Waals surface area contributed by atoms with Gasteiger partial charge >= 0.3 is 12.1 Å². The second-order valence-electron chi connectivity index (χ2n) is 5.82. The highest BCUT2D eigenvalue weighted by Crippen LogP contribution is 2.07. The monoisotopic (exact) mass is 288 g/mol. The minimum absolute atomic E-state index is 0.0966. The van der Waals surface area contributed by atoms with Crippen molar-refractivity contribution in [1.29, 1.82) is 0 Å². The fraction of sp³-hybridized carbons (Fsp3) is 0.857.